The molecule has 0 aliphatic heterocycles. The van der Waals surface area contributed by atoms with Crippen molar-refractivity contribution in [2.45, 2.75) is 26.2 Å². The molecule has 10 rings (SSSR count). The fraction of sp³-hybridized carbons (Fsp3) is 0.0741. The van der Waals surface area contributed by atoms with Crippen LogP contribution in [0.25, 0.3) is 98.4 Å². The Balaban J connectivity index is 1.25. The standard InChI is InChI=1S/C54H40/c1-54(2,3)43-27-24-36(25-28-43)41-31-40(35-14-5-4-6-15-35)32-42(33-41)52-47-18-9-11-20-49(47)53(50-21-12-10-19-48(50)52)46-23-13-22-44-45(46)29-26-39-30-37-16-7-8-17-38(37)34-51(39)44/h4-34H,1-3H3. The van der Waals surface area contributed by atoms with E-state index in [1.807, 2.05) is 0 Å². The molecule has 0 N–H and O–H groups in total. The van der Waals surface area contributed by atoms with Gasteiger partial charge in [-0.15, -0.1) is 0 Å². The number of hydrogen-bond donors (Lipinski definition) is 0. The van der Waals surface area contributed by atoms with Gasteiger partial charge in [-0.2, -0.15) is 0 Å². The van der Waals surface area contributed by atoms with Crippen molar-refractivity contribution < 1.29 is 0 Å². The van der Waals surface area contributed by atoms with E-state index in [2.05, 4.69) is 209 Å². The van der Waals surface area contributed by atoms with Crippen molar-refractivity contribution in [3.05, 3.63) is 194 Å². The van der Waals surface area contributed by atoms with E-state index in [0.29, 0.717) is 0 Å². The highest BCUT2D eigenvalue weighted by Gasteiger charge is 2.20. The van der Waals surface area contributed by atoms with E-state index < -0.39 is 0 Å². The van der Waals surface area contributed by atoms with E-state index in [1.165, 1.54) is 104 Å². The maximum absolute atomic E-state index is 2.40. The van der Waals surface area contributed by atoms with E-state index >= 15 is 0 Å². The molecule has 0 unspecified atom stereocenters. The van der Waals surface area contributed by atoms with Gasteiger partial charge in [-0.25, -0.2) is 0 Å². The summed E-state index contributed by atoms with van der Waals surface area (Å²) in [5.41, 5.74) is 11.4. The van der Waals surface area contributed by atoms with Gasteiger partial charge in [-0.1, -0.05) is 178 Å². The lowest BCUT2D eigenvalue weighted by molar-refractivity contribution is 0.590. The van der Waals surface area contributed by atoms with Gasteiger partial charge in [0, 0.05) is 0 Å². The Morgan fingerprint density at radius 1 is 0.278 bits per heavy atom. The lowest BCUT2D eigenvalue weighted by Gasteiger charge is -2.21. The molecule has 0 nitrogen and oxygen atoms in total. The van der Waals surface area contributed by atoms with Gasteiger partial charge in [0.15, 0.2) is 0 Å². The van der Waals surface area contributed by atoms with Crippen LogP contribution >= 0.6 is 0 Å². The first-order chi connectivity index (χ1) is 26.4. The van der Waals surface area contributed by atoms with Crippen molar-refractivity contribution in [1.29, 1.82) is 0 Å². The summed E-state index contributed by atoms with van der Waals surface area (Å²) in [6.45, 7) is 6.83. The Labute approximate surface area is 317 Å². The molecule has 0 radical (unpaired) electrons. The highest BCUT2D eigenvalue weighted by Crippen LogP contribution is 2.47. The quantitative estimate of drug-likeness (QED) is 0.128. The molecule has 0 heterocycles. The van der Waals surface area contributed by atoms with Crippen LogP contribution in [0, 0.1) is 0 Å². The van der Waals surface area contributed by atoms with E-state index in [9.17, 15) is 0 Å². The largest absolute Gasteiger partial charge is 0.0622 e. The van der Waals surface area contributed by atoms with Crippen LogP contribution in [0.15, 0.2) is 188 Å². The maximum atomic E-state index is 2.40. The molecule has 54 heavy (non-hydrogen) atoms. The minimum Gasteiger partial charge on any atom is -0.0622 e. The normalized spacial score (nSPS) is 12.0. The molecular weight excluding hydrogens is 649 g/mol. The van der Waals surface area contributed by atoms with Crippen molar-refractivity contribution in [3.8, 4) is 44.5 Å². The first-order valence-electron chi connectivity index (χ1n) is 19.0. The summed E-state index contributed by atoms with van der Waals surface area (Å²) in [6, 6.07) is 70.0. The van der Waals surface area contributed by atoms with Gasteiger partial charge in [0.05, 0.1) is 0 Å². The van der Waals surface area contributed by atoms with E-state index in [4.69, 9.17) is 0 Å². The molecule has 0 saturated heterocycles. The van der Waals surface area contributed by atoms with Crippen LogP contribution < -0.4 is 0 Å². The van der Waals surface area contributed by atoms with Crippen LogP contribution in [0.3, 0.4) is 0 Å². The van der Waals surface area contributed by atoms with Crippen LogP contribution in [0.5, 0.6) is 0 Å². The predicted octanol–water partition coefficient (Wildman–Crippen LogP) is 15.4. The van der Waals surface area contributed by atoms with Gasteiger partial charge in [0.25, 0.3) is 0 Å². The molecule has 0 heteroatoms. The molecule has 0 spiro atoms. The molecule has 0 bridgehead atoms. The summed E-state index contributed by atoms with van der Waals surface area (Å²) in [5.74, 6) is 0. The zero-order valence-corrected chi connectivity index (χ0v) is 30.9. The number of rotatable bonds is 4. The van der Waals surface area contributed by atoms with E-state index in [1.54, 1.807) is 0 Å². The molecule has 0 aliphatic carbocycles. The van der Waals surface area contributed by atoms with Crippen molar-refractivity contribution in [3.63, 3.8) is 0 Å². The lowest BCUT2D eigenvalue weighted by Crippen LogP contribution is -2.10. The Morgan fingerprint density at radius 3 is 1.43 bits per heavy atom. The summed E-state index contributed by atoms with van der Waals surface area (Å²) in [5, 5.41) is 12.7. The van der Waals surface area contributed by atoms with Crippen molar-refractivity contribution in [2.75, 3.05) is 0 Å². The SMILES string of the molecule is CC(C)(C)c1ccc(-c2cc(-c3ccccc3)cc(-c3c4ccccc4c(-c4cccc5c4ccc4cc6ccccc6cc45)c4ccccc34)c2)cc1. The Hall–Kier alpha value is -6.50. The first kappa shape index (κ1) is 32.2. The fourth-order valence-electron chi connectivity index (χ4n) is 8.63. The van der Waals surface area contributed by atoms with Crippen LogP contribution in [0.1, 0.15) is 26.3 Å². The number of fused-ring (bicyclic) bond motifs is 6. The molecule has 0 fully saturated rings. The van der Waals surface area contributed by atoms with Crippen LogP contribution in [-0.2, 0) is 5.41 Å². The first-order valence-corrected chi connectivity index (χ1v) is 19.0. The molecule has 256 valence electrons. The molecule has 10 aromatic carbocycles. The van der Waals surface area contributed by atoms with E-state index in [0.717, 1.165) is 0 Å². The van der Waals surface area contributed by atoms with Gasteiger partial charge < -0.3 is 0 Å². The third-order valence-corrected chi connectivity index (χ3v) is 11.4. The third-order valence-electron chi connectivity index (χ3n) is 11.4. The highest BCUT2D eigenvalue weighted by atomic mass is 14.2. The van der Waals surface area contributed by atoms with Crippen molar-refractivity contribution >= 4 is 53.9 Å². The minimum absolute atomic E-state index is 0.0979. The second kappa shape index (κ2) is 12.6. The van der Waals surface area contributed by atoms with Crippen LogP contribution in [-0.4, -0.2) is 0 Å². The van der Waals surface area contributed by atoms with Gasteiger partial charge in [0.2, 0.25) is 0 Å². The van der Waals surface area contributed by atoms with Crippen molar-refractivity contribution in [1.82, 2.24) is 0 Å². The summed E-state index contributed by atoms with van der Waals surface area (Å²) in [4.78, 5) is 0. The van der Waals surface area contributed by atoms with Crippen LogP contribution in [0.4, 0.5) is 0 Å². The topological polar surface area (TPSA) is 0 Å². The van der Waals surface area contributed by atoms with Gasteiger partial charge in [-0.05, 0) is 140 Å². The highest BCUT2D eigenvalue weighted by molar-refractivity contribution is 6.25. The number of benzene rings is 10. The summed E-state index contributed by atoms with van der Waals surface area (Å²) >= 11 is 0. The Morgan fingerprint density at radius 2 is 0.796 bits per heavy atom. The monoisotopic (exact) mass is 688 g/mol. The zero-order chi connectivity index (χ0) is 36.4. The Bertz CT molecular complexity index is 2990. The molecule has 0 amide bonds. The molecule has 10 aromatic rings. The molecule has 0 aliphatic rings. The molecule has 0 atom stereocenters. The summed E-state index contributed by atoms with van der Waals surface area (Å²) in [7, 11) is 0. The second-order valence-corrected chi connectivity index (χ2v) is 15.7. The minimum atomic E-state index is 0.0979. The smallest absolute Gasteiger partial charge is 0.00201 e. The second-order valence-electron chi connectivity index (χ2n) is 15.7. The maximum Gasteiger partial charge on any atom is -0.00201 e. The summed E-state index contributed by atoms with van der Waals surface area (Å²) in [6.07, 6.45) is 0. The van der Waals surface area contributed by atoms with Gasteiger partial charge >= 0.3 is 0 Å². The molecular formula is C54H40. The number of hydrogen-bond acceptors (Lipinski definition) is 0. The fourth-order valence-corrected chi connectivity index (χ4v) is 8.63. The summed E-state index contributed by atoms with van der Waals surface area (Å²) < 4.78 is 0. The third kappa shape index (κ3) is 5.37. The van der Waals surface area contributed by atoms with Crippen LogP contribution in [0.2, 0.25) is 0 Å². The van der Waals surface area contributed by atoms with Gasteiger partial charge in [0.1, 0.15) is 0 Å². The Kier molecular flexibility index (Phi) is 7.49. The molecule has 0 saturated carbocycles. The predicted molar refractivity (Wildman–Crippen MR) is 234 cm³/mol. The van der Waals surface area contributed by atoms with E-state index in [-0.39, 0.29) is 5.41 Å². The zero-order valence-electron chi connectivity index (χ0n) is 30.9. The molecule has 0 aromatic heterocycles. The average Bonchev–Trinajstić information content (AvgIpc) is 3.21. The average molecular weight is 689 g/mol. The lowest BCUT2D eigenvalue weighted by atomic mass is 9.83. The van der Waals surface area contributed by atoms with Gasteiger partial charge in [-0.3, -0.25) is 0 Å². The van der Waals surface area contributed by atoms with Crippen molar-refractivity contribution in [2.24, 2.45) is 0 Å².